The molecule has 13 heavy (non-hydrogen) atoms. The average molecular weight is 182 g/mol. The quantitative estimate of drug-likeness (QED) is 0.666. The molecule has 0 saturated heterocycles. The SMILES string of the molecule is CC/C(C(=O)O)=C1\CCCCC1C. The molecule has 1 atom stereocenters. The van der Waals surface area contributed by atoms with Crippen molar-refractivity contribution in [3.05, 3.63) is 11.1 Å². The number of hydrogen-bond acceptors (Lipinski definition) is 1. The number of carbonyl (C=O) groups is 1. The molecule has 0 amide bonds. The first kappa shape index (κ1) is 10.3. The number of allylic oxidation sites excluding steroid dienone is 1. The molecule has 0 heterocycles. The molecule has 1 aliphatic carbocycles. The van der Waals surface area contributed by atoms with Gasteiger partial charge in [0.2, 0.25) is 0 Å². The first-order valence-electron chi connectivity index (χ1n) is 5.12. The molecular formula is C11H18O2. The average Bonchev–Trinajstić information content (AvgIpc) is 2.09. The third-order valence-electron chi connectivity index (χ3n) is 2.93. The summed E-state index contributed by atoms with van der Waals surface area (Å²) in [7, 11) is 0. The summed E-state index contributed by atoms with van der Waals surface area (Å²) in [5, 5.41) is 8.99. The lowest BCUT2D eigenvalue weighted by atomic mass is 9.82. The predicted molar refractivity (Wildman–Crippen MR) is 52.6 cm³/mol. The van der Waals surface area contributed by atoms with E-state index in [-0.39, 0.29) is 0 Å². The molecule has 0 aromatic rings. The summed E-state index contributed by atoms with van der Waals surface area (Å²) < 4.78 is 0. The lowest BCUT2D eigenvalue weighted by Gasteiger charge is -2.23. The lowest BCUT2D eigenvalue weighted by molar-refractivity contribution is -0.132. The molecule has 1 aliphatic rings. The molecule has 0 aromatic heterocycles. The molecule has 0 radical (unpaired) electrons. The van der Waals surface area contributed by atoms with E-state index in [2.05, 4.69) is 6.92 Å². The third-order valence-corrected chi connectivity index (χ3v) is 2.93. The Morgan fingerprint density at radius 3 is 2.69 bits per heavy atom. The van der Waals surface area contributed by atoms with Crippen molar-refractivity contribution in [2.24, 2.45) is 5.92 Å². The number of carboxylic acid groups (broad SMARTS) is 1. The minimum Gasteiger partial charge on any atom is -0.478 e. The fourth-order valence-corrected chi connectivity index (χ4v) is 2.15. The van der Waals surface area contributed by atoms with Crippen LogP contribution in [0.15, 0.2) is 11.1 Å². The molecule has 0 aliphatic heterocycles. The van der Waals surface area contributed by atoms with E-state index in [0.29, 0.717) is 17.9 Å². The standard InChI is InChI=1S/C11H18O2/c1-3-9(11(12)13)10-7-5-4-6-8(10)2/h8H,3-7H2,1-2H3,(H,12,13)/b10-9-. The highest BCUT2D eigenvalue weighted by Gasteiger charge is 2.20. The van der Waals surface area contributed by atoms with Crippen LogP contribution in [0.25, 0.3) is 0 Å². The van der Waals surface area contributed by atoms with Crippen molar-refractivity contribution in [3.8, 4) is 0 Å². The van der Waals surface area contributed by atoms with Crippen LogP contribution in [0.1, 0.15) is 46.0 Å². The Balaban J connectivity index is 2.89. The van der Waals surface area contributed by atoms with Gasteiger partial charge in [0.25, 0.3) is 0 Å². The summed E-state index contributed by atoms with van der Waals surface area (Å²) in [6, 6.07) is 0. The molecule has 1 rings (SSSR count). The topological polar surface area (TPSA) is 37.3 Å². The second-order valence-electron chi connectivity index (χ2n) is 3.81. The van der Waals surface area contributed by atoms with Gasteiger partial charge in [-0.05, 0) is 31.6 Å². The van der Waals surface area contributed by atoms with Gasteiger partial charge >= 0.3 is 5.97 Å². The van der Waals surface area contributed by atoms with Crippen molar-refractivity contribution in [3.63, 3.8) is 0 Å². The maximum Gasteiger partial charge on any atom is 0.331 e. The smallest absolute Gasteiger partial charge is 0.331 e. The Labute approximate surface area is 79.6 Å². The monoisotopic (exact) mass is 182 g/mol. The van der Waals surface area contributed by atoms with Gasteiger partial charge in [0, 0.05) is 5.57 Å². The van der Waals surface area contributed by atoms with Gasteiger partial charge in [0.05, 0.1) is 0 Å². The van der Waals surface area contributed by atoms with Crippen LogP contribution in [-0.4, -0.2) is 11.1 Å². The Hall–Kier alpha value is -0.790. The van der Waals surface area contributed by atoms with E-state index >= 15 is 0 Å². The van der Waals surface area contributed by atoms with E-state index < -0.39 is 5.97 Å². The summed E-state index contributed by atoms with van der Waals surface area (Å²) in [6.45, 7) is 4.07. The first-order valence-corrected chi connectivity index (χ1v) is 5.12. The van der Waals surface area contributed by atoms with Crippen molar-refractivity contribution in [1.29, 1.82) is 0 Å². The van der Waals surface area contributed by atoms with E-state index in [1.807, 2.05) is 6.92 Å². The third kappa shape index (κ3) is 2.33. The normalized spacial score (nSPS) is 27.1. The fourth-order valence-electron chi connectivity index (χ4n) is 2.15. The molecule has 2 heteroatoms. The Morgan fingerprint density at radius 1 is 1.54 bits per heavy atom. The highest BCUT2D eigenvalue weighted by Crippen LogP contribution is 2.32. The van der Waals surface area contributed by atoms with Crippen LogP contribution in [0, 0.1) is 5.92 Å². The van der Waals surface area contributed by atoms with E-state index in [4.69, 9.17) is 5.11 Å². The molecule has 0 aromatic carbocycles. The predicted octanol–water partition coefficient (Wildman–Crippen LogP) is 2.99. The Bertz CT molecular complexity index is 228. The Morgan fingerprint density at radius 2 is 2.23 bits per heavy atom. The molecule has 1 N–H and O–H groups in total. The van der Waals surface area contributed by atoms with Crippen LogP contribution in [0.2, 0.25) is 0 Å². The molecule has 1 fully saturated rings. The van der Waals surface area contributed by atoms with Gasteiger partial charge in [0.15, 0.2) is 0 Å². The van der Waals surface area contributed by atoms with Gasteiger partial charge in [-0.2, -0.15) is 0 Å². The largest absolute Gasteiger partial charge is 0.478 e. The number of hydrogen-bond donors (Lipinski definition) is 1. The number of aliphatic carboxylic acids is 1. The number of carboxylic acids is 1. The van der Waals surface area contributed by atoms with Gasteiger partial charge < -0.3 is 5.11 Å². The number of rotatable bonds is 2. The molecule has 0 spiro atoms. The first-order chi connectivity index (χ1) is 6.16. The van der Waals surface area contributed by atoms with Crippen molar-refractivity contribution >= 4 is 5.97 Å². The van der Waals surface area contributed by atoms with Crippen molar-refractivity contribution in [1.82, 2.24) is 0 Å². The summed E-state index contributed by atoms with van der Waals surface area (Å²) in [6.07, 6.45) is 5.23. The van der Waals surface area contributed by atoms with E-state index in [0.717, 1.165) is 19.3 Å². The molecule has 2 nitrogen and oxygen atoms in total. The van der Waals surface area contributed by atoms with Crippen molar-refractivity contribution < 1.29 is 9.90 Å². The molecular weight excluding hydrogens is 164 g/mol. The van der Waals surface area contributed by atoms with Gasteiger partial charge in [-0.3, -0.25) is 0 Å². The fraction of sp³-hybridized carbons (Fsp3) is 0.727. The molecule has 74 valence electrons. The zero-order valence-corrected chi connectivity index (χ0v) is 8.47. The molecule has 0 bridgehead atoms. The highest BCUT2D eigenvalue weighted by atomic mass is 16.4. The minimum atomic E-state index is -0.716. The van der Waals surface area contributed by atoms with Crippen LogP contribution in [0.3, 0.4) is 0 Å². The maximum atomic E-state index is 10.9. The summed E-state index contributed by atoms with van der Waals surface area (Å²) in [4.78, 5) is 10.9. The second-order valence-corrected chi connectivity index (χ2v) is 3.81. The van der Waals surface area contributed by atoms with Crippen molar-refractivity contribution in [2.75, 3.05) is 0 Å². The van der Waals surface area contributed by atoms with Crippen LogP contribution < -0.4 is 0 Å². The van der Waals surface area contributed by atoms with E-state index in [1.54, 1.807) is 0 Å². The summed E-state index contributed by atoms with van der Waals surface area (Å²) in [5.41, 5.74) is 1.86. The molecule has 1 saturated carbocycles. The van der Waals surface area contributed by atoms with Crippen LogP contribution in [0.5, 0.6) is 0 Å². The highest BCUT2D eigenvalue weighted by molar-refractivity contribution is 5.87. The van der Waals surface area contributed by atoms with Gasteiger partial charge in [-0.15, -0.1) is 0 Å². The minimum absolute atomic E-state index is 0.486. The maximum absolute atomic E-state index is 10.9. The second kappa shape index (κ2) is 4.45. The summed E-state index contributed by atoms with van der Waals surface area (Å²) in [5.74, 6) is -0.231. The van der Waals surface area contributed by atoms with E-state index in [1.165, 1.54) is 12.0 Å². The van der Waals surface area contributed by atoms with Crippen molar-refractivity contribution in [2.45, 2.75) is 46.0 Å². The van der Waals surface area contributed by atoms with Gasteiger partial charge in [-0.1, -0.05) is 25.8 Å². The van der Waals surface area contributed by atoms with Gasteiger partial charge in [0.1, 0.15) is 0 Å². The Kier molecular flexibility index (Phi) is 3.52. The zero-order valence-electron chi connectivity index (χ0n) is 8.47. The summed E-state index contributed by atoms with van der Waals surface area (Å²) >= 11 is 0. The van der Waals surface area contributed by atoms with Crippen LogP contribution in [0.4, 0.5) is 0 Å². The van der Waals surface area contributed by atoms with Crippen LogP contribution in [-0.2, 0) is 4.79 Å². The van der Waals surface area contributed by atoms with E-state index in [9.17, 15) is 4.79 Å². The molecule has 1 unspecified atom stereocenters. The van der Waals surface area contributed by atoms with Crippen LogP contribution >= 0.6 is 0 Å². The van der Waals surface area contributed by atoms with Gasteiger partial charge in [-0.25, -0.2) is 4.79 Å². The lowest BCUT2D eigenvalue weighted by Crippen LogP contribution is -2.13. The zero-order chi connectivity index (χ0) is 9.84.